The Morgan fingerprint density at radius 1 is 1.73 bits per heavy atom. The van der Waals surface area contributed by atoms with Gasteiger partial charge in [-0.1, -0.05) is 0 Å². The predicted octanol–water partition coefficient (Wildman–Crippen LogP) is -0.199. The minimum atomic E-state index is -2.57. The van der Waals surface area contributed by atoms with Gasteiger partial charge in [0, 0.05) is 18.8 Å². The fourth-order valence-corrected chi connectivity index (χ4v) is 1.04. The Labute approximate surface area is 85.2 Å². The van der Waals surface area contributed by atoms with E-state index in [1.165, 1.54) is 10.9 Å². The van der Waals surface area contributed by atoms with E-state index >= 15 is 0 Å². The molecule has 1 heterocycles. The van der Waals surface area contributed by atoms with Crippen LogP contribution in [0.2, 0.25) is 0 Å². The van der Waals surface area contributed by atoms with E-state index in [4.69, 9.17) is 5.73 Å². The van der Waals surface area contributed by atoms with E-state index in [1.54, 1.807) is 13.2 Å². The second-order valence-corrected chi connectivity index (χ2v) is 3.06. The third-order valence-corrected chi connectivity index (χ3v) is 1.80. The number of aromatic nitrogens is 2. The van der Waals surface area contributed by atoms with E-state index in [2.05, 4.69) is 5.10 Å². The highest BCUT2D eigenvalue weighted by Gasteiger charge is 2.17. The maximum absolute atomic E-state index is 11.8. The van der Waals surface area contributed by atoms with Crippen LogP contribution in [0.3, 0.4) is 0 Å². The third-order valence-electron chi connectivity index (χ3n) is 1.80. The SMILES string of the molecule is Cn1cc(C(N)C(=O)NCC(F)F)cn1. The predicted molar refractivity (Wildman–Crippen MR) is 49.2 cm³/mol. The Kier molecular flexibility index (Phi) is 3.73. The smallest absolute Gasteiger partial charge is 0.255 e. The van der Waals surface area contributed by atoms with Gasteiger partial charge < -0.3 is 11.1 Å². The van der Waals surface area contributed by atoms with Crippen LogP contribution in [0.5, 0.6) is 0 Å². The van der Waals surface area contributed by atoms with Crippen molar-refractivity contribution in [3.63, 3.8) is 0 Å². The highest BCUT2D eigenvalue weighted by Crippen LogP contribution is 2.08. The summed E-state index contributed by atoms with van der Waals surface area (Å²) in [5, 5.41) is 5.86. The molecule has 15 heavy (non-hydrogen) atoms. The van der Waals surface area contributed by atoms with Crippen molar-refractivity contribution in [3.8, 4) is 0 Å². The lowest BCUT2D eigenvalue weighted by atomic mass is 10.1. The van der Waals surface area contributed by atoms with Gasteiger partial charge in [-0.25, -0.2) is 8.78 Å². The monoisotopic (exact) mass is 218 g/mol. The van der Waals surface area contributed by atoms with E-state index in [0.29, 0.717) is 5.56 Å². The molecule has 0 radical (unpaired) electrons. The molecule has 1 rings (SSSR count). The summed E-state index contributed by atoms with van der Waals surface area (Å²) < 4.78 is 25.1. The molecule has 0 aliphatic carbocycles. The van der Waals surface area contributed by atoms with Crippen molar-refractivity contribution in [3.05, 3.63) is 18.0 Å². The molecular weight excluding hydrogens is 206 g/mol. The first kappa shape index (κ1) is 11.6. The van der Waals surface area contributed by atoms with Crippen LogP contribution >= 0.6 is 0 Å². The molecule has 1 aromatic heterocycles. The average Bonchev–Trinajstić information content (AvgIpc) is 2.60. The molecule has 0 aromatic carbocycles. The van der Waals surface area contributed by atoms with Crippen molar-refractivity contribution in [2.24, 2.45) is 12.8 Å². The van der Waals surface area contributed by atoms with Crippen molar-refractivity contribution in [1.82, 2.24) is 15.1 Å². The molecule has 7 heteroatoms. The van der Waals surface area contributed by atoms with E-state index in [1.807, 2.05) is 5.32 Å². The zero-order chi connectivity index (χ0) is 11.4. The van der Waals surface area contributed by atoms with Crippen LogP contribution in [-0.4, -0.2) is 28.7 Å². The highest BCUT2D eigenvalue weighted by molar-refractivity contribution is 5.82. The van der Waals surface area contributed by atoms with Gasteiger partial charge in [-0.2, -0.15) is 5.10 Å². The Bertz CT molecular complexity index is 339. The fraction of sp³-hybridized carbons (Fsp3) is 0.500. The van der Waals surface area contributed by atoms with Crippen LogP contribution < -0.4 is 11.1 Å². The lowest BCUT2D eigenvalue weighted by Gasteiger charge is -2.09. The fourth-order valence-electron chi connectivity index (χ4n) is 1.04. The molecule has 1 unspecified atom stereocenters. The van der Waals surface area contributed by atoms with Gasteiger partial charge in [-0.15, -0.1) is 0 Å². The minimum absolute atomic E-state index is 0.490. The second-order valence-electron chi connectivity index (χ2n) is 3.06. The Morgan fingerprint density at radius 2 is 2.40 bits per heavy atom. The largest absolute Gasteiger partial charge is 0.349 e. The van der Waals surface area contributed by atoms with Gasteiger partial charge in [-0.05, 0) is 0 Å². The molecule has 3 N–H and O–H groups in total. The summed E-state index contributed by atoms with van der Waals surface area (Å²) in [6.07, 6.45) is 0.411. The molecule has 5 nitrogen and oxygen atoms in total. The third kappa shape index (κ3) is 3.28. The van der Waals surface area contributed by atoms with Crippen LogP contribution in [0.15, 0.2) is 12.4 Å². The normalized spacial score (nSPS) is 12.9. The number of aryl methyl sites for hydroxylation is 1. The van der Waals surface area contributed by atoms with Crippen molar-refractivity contribution in [2.45, 2.75) is 12.5 Å². The summed E-state index contributed by atoms with van der Waals surface area (Å²) >= 11 is 0. The quantitative estimate of drug-likeness (QED) is 0.735. The van der Waals surface area contributed by atoms with Crippen molar-refractivity contribution < 1.29 is 13.6 Å². The van der Waals surface area contributed by atoms with E-state index in [9.17, 15) is 13.6 Å². The molecule has 1 amide bonds. The topological polar surface area (TPSA) is 72.9 Å². The van der Waals surface area contributed by atoms with Gasteiger partial charge >= 0.3 is 0 Å². The summed E-state index contributed by atoms with van der Waals surface area (Å²) in [6.45, 7) is -0.688. The number of amides is 1. The van der Waals surface area contributed by atoms with E-state index < -0.39 is 24.9 Å². The number of nitrogens with two attached hydrogens (primary N) is 1. The number of carbonyl (C=O) groups excluding carboxylic acids is 1. The summed E-state index contributed by atoms with van der Waals surface area (Å²) in [5.74, 6) is -0.636. The van der Waals surface area contributed by atoms with Crippen LogP contribution in [0.4, 0.5) is 8.78 Å². The van der Waals surface area contributed by atoms with E-state index in [0.717, 1.165) is 0 Å². The van der Waals surface area contributed by atoms with Crippen molar-refractivity contribution in [1.29, 1.82) is 0 Å². The first-order valence-corrected chi connectivity index (χ1v) is 4.30. The second kappa shape index (κ2) is 4.83. The Balaban J connectivity index is 2.53. The number of hydrogen-bond donors (Lipinski definition) is 2. The van der Waals surface area contributed by atoms with Gasteiger partial charge in [0.15, 0.2) is 0 Å². The highest BCUT2D eigenvalue weighted by atomic mass is 19.3. The molecule has 0 saturated heterocycles. The van der Waals surface area contributed by atoms with Crippen LogP contribution in [0.25, 0.3) is 0 Å². The van der Waals surface area contributed by atoms with Crippen LogP contribution in [0.1, 0.15) is 11.6 Å². The molecule has 1 atom stereocenters. The summed E-state index contributed by atoms with van der Waals surface area (Å²) in [6, 6.07) is -0.961. The zero-order valence-electron chi connectivity index (χ0n) is 8.15. The number of halogens is 2. The maximum Gasteiger partial charge on any atom is 0.255 e. The molecule has 0 bridgehead atoms. The molecule has 0 spiro atoms. The first-order chi connectivity index (χ1) is 7.00. The average molecular weight is 218 g/mol. The van der Waals surface area contributed by atoms with Gasteiger partial charge in [0.2, 0.25) is 5.91 Å². The summed E-state index contributed by atoms with van der Waals surface area (Å²) in [5.41, 5.74) is 6.02. The van der Waals surface area contributed by atoms with Crippen LogP contribution in [-0.2, 0) is 11.8 Å². The van der Waals surface area contributed by atoms with Crippen LogP contribution in [0, 0.1) is 0 Å². The van der Waals surface area contributed by atoms with Crippen molar-refractivity contribution >= 4 is 5.91 Å². The summed E-state index contributed by atoms with van der Waals surface area (Å²) in [7, 11) is 1.67. The number of nitrogens with zero attached hydrogens (tertiary/aromatic N) is 2. The number of rotatable bonds is 4. The molecule has 0 saturated carbocycles. The standard InChI is InChI=1S/C8H12F2N4O/c1-14-4-5(2-13-14)7(11)8(15)12-3-6(9)10/h2,4,6-7H,3,11H2,1H3,(H,12,15). The Morgan fingerprint density at radius 3 is 2.87 bits per heavy atom. The van der Waals surface area contributed by atoms with Crippen molar-refractivity contribution in [2.75, 3.05) is 6.54 Å². The molecular formula is C8H12F2N4O. The molecule has 0 fully saturated rings. The number of carbonyl (C=O) groups is 1. The lowest BCUT2D eigenvalue weighted by Crippen LogP contribution is -2.36. The Hall–Kier alpha value is -1.50. The van der Waals surface area contributed by atoms with Gasteiger partial charge in [0.1, 0.15) is 6.04 Å². The molecule has 0 aliphatic heterocycles. The lowest BCUT2D eigenvalue weighted by molar-refractivity contribution is -0.123. The van der Waals surface area contributed by atoms with Gasteiger partial charge in [-0.3, -0.25) is 9.48 Å². The molecule has 0 aliphatic rings. The maximum atomic E-state index is 11.8. The molecule has 84 valence electrons. The summed E-state index contributed by atoms with van der Waals surface area (Å²) in [4.78, 5) is 11.3. The first-order valence-electron chi connectivity index (χ1n) is 4.30. The zero-order valence-corrected chi connectivity index (χ0v) is 8.15. The number of nitrogens with one attached hydrogen (secondary N) is 1. The van der Waals surface area contributed by atoms with Gasteiger partial charge in [0.05, 0.1) is 12.7 Å². The molecule has 1 aromatic rings. The minimum Gasteiger partial charge on any atom is -0.349 e. The van der Waals surface area contributed by atoms with E-state index in [-0.39, 0.29) is 0 Å². The number of alkyl halides is 2. The van der Waals surface area contributed by atoms with Gasteiger partial charge in [0.25, 0.3) is 6.43 Å². The number of hydrogen-bond acceptors (Lipinski definition) is 3.